The first-order valence-corrected chi connectivity index (χ1v) is 6.91. The summed E-state index contributed by atoms with van der Waals surface area (Å²) >= 11 is 0. The van der Waals surface area contributed by atoms with Crippen LogP contribution in [-0.4, -0.2) is 43.7 Å². The highest BCUT2D eigenvalue weighted by atomic mass is 16.5. The number of nitrogens with zero attached hydrogens (tertiary/aromatic N) is 1. The SMILES string of the molecule is CN1CCC(OC(=O)C(CN)CC(C)(C)C)CC1. The lowest BCUT2D eigenvalue weighted by Crippen LogP contribution is -2.38. The Balaban J connectivity index is 2.42. The summed E-state index contributed by atoms with van der Waals surface area (Å²) in [5.41, 5.74) is 5.81. The van der Waals surface area contributed by atoms with Gasteiger partial charge in [0.15, 0.2) is 0 Å². The lowest BCUT2D eigenvalue weighted by Gasteiger charge is -2.30. The molecule has 1 fully saturated rings. The van der Waals surface area contributed by atoms with Crippen molar-refractivity contribution < 1.29 is 9.53 Å². The highest BCUT2D eigenvalue weighted by molar-refractivity contribution is 5.73. The van der Waals surface area contributed by atoms with E-state index in [9.17, 15) is 4.79 Å². The van der Waals surface area contributed by atoms with E-state index in [1.54, 1.807) is 0 Å². The van der Waals surface area contributed by atoms with Crippen molar-refractivity contribution in [1.29, 1.82) is 0 Å². The molecule has 2 N–H and O–H groups in total. The molecule has 0 spiro atoms. The number of piperidine rings is 1. The van der Waals surface area contributed by atoms with E-state index in [2.05, 4.69) is 32.7 Å². The highest BCUT2D eigenvalue weighted by Gasteiger charge is 2.28. The quantitative estimate of drug-likeness (QED) is 0.777. The van der Waals surface area contributed by atoms with Crippen LogP contribution in [0.3, 0.4) is 0 Å². The number of rotatable bonds is 4. The minimum absolute atomic E-state index is 0.0859. The zero-order chi connectivity index (χ0) is 13.8. The van der Waals surface area contributed by atoms with E-state index in [4.69, 9.17) is 10.5 Å². The van der Waals surface area contributed by atoms with Crippen LogP contribution in [0.25, 0.3) is 0 Å². The van der Waals surface area contributed by atoms with Crippen molar-refractivity contribution in [3.8, 4) is 0 Å². The molecule has 0 aromatic carbocycles. The zero-order valence-corrected chi connectivity index (χ0v) is 12.2. The van der Waals surface area contributed by atoms with E-state index < -0.39 is 0 Å². The van der Waals surface area contributed by atoms with E-state index in [1.807, 2.05) is 0 Å². The third kappa shape index (κ3) is 5.36. The van der Waals surface area contributed by atoms with Crippen LogP contribution in [0.15, 0.2) is 0 Å². The van der Waals surface area contributed by atoms with Gasteiger partial charge in [-0.1, -0.05) is 20.8 Å². The number of nitrogens with two attached hydrogens (primary N) is 1. The van der Waals surface area contributed by atoms with Gasteiger partial charge in [0.25, 0.3) is 0 Å². The van der Waals surface area contributed by atoms with Crippen LogP contribution in [0.1, 0.15) is 40.0 Å². The maximum atomic E-state index is 12.1. The molecule has 1 aliphatic rings. The van der Waals surface area contributed by atoms with Crippen LogP contribution < -0.4 is 5.73 Å². The molecule has 4 heteroatoms. The van der Waals surface area contributed by atoms with E-state index >= 15 is 0 Å². The third-order valence-corrected chi connectivity index (χ3v) is 3.43. The molecule has 1 aliphatic heterocycles. The van der Waals surface area contributed by atoms with Crippen LogP contribution >= 0.6 is 0 Å². The van der Waals surface area contributed by atoms with Gasteiger partial charge in [0.1, 0.15) is 6.10 Å². The van der Waals surface area contributed by atoms with E-state index in [1.165, 1.54) is 0 Å². The van der Waals surface area contributed by atoms with Crippen molar-refractivity contribution in [1.82, 2.24) is 4.90 Å². The van der Waals surface area contributed by atoms with Crippen molar-refractivity contribution in [3.63, 3.8) is 0 Å². The number of carbonyl (C=O) groups excluding carboxylic acids is 1. The first-order chi connectivity index (χ1) is 8.31. The molecule has 0 amide bonds. The Labute approximate surface area is 111 Å². The first-order valence-electron chi connectivity index (χ1n) is 6.91. The molecule has 18 heavy (non-hydrogen) atoms. The molecule has 106 valence electrons. The van der Waals surface area contributed by atoms with Crippen molar-refractivity contribution in [2.75, 3.05) is 26.7 Å². The van der Waals surface area contributed by atoms with Crippen molar-refractivity contribution in [2.24, 2.45) is 17.1 Å². The van der Waals surface area contributed by atoms with Crippen LogP contribution in [0.2, 0.25) is 0 Å². The number of likely N-dealkylation sites (tertiary alicyclic amines) is 1. The number of carbonyl (C=O) groups is 1. The average molecular weight is 256 g/mol. The van der Waals surface area contributed by atoms with Gasteiger partial charge in [-0.2, -0.15) is 0 Å². The molecule has 1 unspecified atom stereocenters. The summed E-state index contributed by atoms with van der Waals surface area (Å²) < 4.78 is 5.59. The van der Waals surface area contributed by atoms with Gasteiger partial charge in [-0.05, 0) is 31.7 Å². The van der Waals surface area contributed by atoms with Gasteiger partial charge in [-0.25, -0.2) is 0 Å². The smallest absolute Gasteiger partial charge is 0.310 e. The van der Waals surface area contributed by atoms with Gasteiger partial charge in [0.05, 0.1) is 5.92 Å². The summed E-state index contributed by atoms with van der Waals surface area (Å²) in [6.45, 7) is 8.76. The number of hydrogen-bond donors (Lipinski definition) is 1. The van der Waals surface area contributed by atoms with Gasteiger partial charge in [-0.3, -0.25) is 4.79 Å². The fourth-order valence-electron chi connectivity index (χ4n) is 2.37. The molecule has 0 bridgehead atoms. The monoisotopic (exact) mass is 256 g/mol. The number of esters is 1. The van der Waals surface area contributed by atoms with Crippen LogP contribution in [0.4, 0.5) is 0 Å². The minimum Gasteiger partial charge on any atom is -0.462 e. The molecular formula is C14H28N2O2. The molecule has 0 aromatic heterocycles. The Morgan fingerprint density at radius 2 is 1.94 bits per heavy atom. The molecule has 1 rings (SSSR count). The Morgan fingerprint density at radius 1 is 1.39 bits per heavy atom. The molecule has 0 saturated carbocycles. The lowest BCUT2D eigenvalue weighted by molar-refractivity contribution is -0.156. The number of hydrogen-bond acceptors (Lipinski definition) is 4. The van der Waals surface area contributed by atoms with E-state index in [0.717, 1.165) is 32.4 Å². The van der Waals surface area contributed by atoms with Crippen molar-refractivity contribution in [3.05, 3.63) is 0 Å². The van der Waals surface area contributed by atoms with E-state index in [0.29, 0.717) is 6.54 Å². The summed E-state index contributed by atoms with van der Waals surface area (Å²) in [5, 5.41) is 0. The van der Waals surface area contributed by atoms with Gasteiger partial charge in [0, 0.05) is 19.6 Å². The predicted octanol–water partition coefficient (Wildman–Crippen LogP) is 1.63. The molecular weight excluding hydrogens is 228 g/mol. The Morgan fingerprint density at radius 3 is 2.39 bits per heavy atom. The fourth-order valence-corrected chi connectivity index (χ4v) is 2.37. The third-order valence-electron chi connectivity index (χ3n) is 3.43. The molecule has 0 aromatic rings. The lowest BCUT2D eigenvalue weighted by atomic mass is 9.84. The molecule has 1 heterocycles. The van der Waals surface area contributed by atoms with Crippen LogP contribution in [0, 0.1) is 11.3 Å². The molecule has 1 saturated heterocycles. The Hall–Kier alpha value is -0.610. The van der Waals surface area contributed by atoms with Gasteiger partial charge in [0.2, 0.25) is 0 Å². The summed E-state index contributed by atoms with van der Waals surface area (Å²) in [6.07, 6.45) is 2.75. The predicted molar refractivity (Wildman–Crippen MR) is 73.2 cm³/mol. The van der Waals surface area contributed by atoms with E-state index in [-0.39, 0.29) is 23.4 Å². The fraction of sp³-hybridized carbons (Fsp3) is 0.929. The first kappa shape index (κ1) is 15.4. The van der Waals surface area contributed by atoms with Gasteiger partial charge >= 0.3 is 5.97 Å². The highest BCUT2D eigenvalue weighted by Crippen LogP contribution is 2.25. The average Bonchev–Trinajstić information content (AvgIpc) is 2.27. The minimum atomic E-state index is -0.162. The van der Waals surface area contributed by atoms with Crippen molar-refractivity contribution >= 4 is 5.97 Å². The number of ether oxygens (including phenoxy) is 1. The second-order valence-electron chi connectivity index (χ2n) is 6.64. The normalized spacial score (nSPS) is 20.7. The van der Waals surface area contributed by atoms with Crippen LogP contribution in [0.5, 0.6) is 0 Å². The second kappa shape index (κ2) is 6.53. The van der Waals surface area contributed by atoms with Crippen molar-refractivity contribution in [2.45, 2.75) is 46.1 Å². The Bertz CT molecular complexity index is 265. The molecule has 0 radical (unpaired) electrons. The Kier molecular flexibility index (Phi) is 5.60. The second-order valence-corrected chi connectivity index (χ2v) is 6.64. The standard InChI is InChI=1S/C14H28N2O2/c1-14(2,3)9-11(10-15)13(17)18-12-5-7-16(4)8-6-12/h11-12H,5-10,15H2,1-4H3. The van der Waals surface area contributed by atoms with Gasteiger partial charge in [-0.15, -0.1) is 0 Å². The molecule has 4 nitrogen and oxygen atoms in total. The van der Waals surface area contributed by atoms with Crippen LogP contribution in [-0.2, 0) is 9.53 Å². The summed E-state index contributed by atoms with van der Waals surface area (Å²) in [4.78, 5) is 14.3. The topological polar surface area (TPSA) is 55.6 Å². The summed E-state index contributed by atoms with van der Waals surface area (Å²) in [6, 6.07) is 0. The molecule has 1 atom stereocenters. The zero-order valence-electron chi connectivity index (χ0n) is 12.2. The largest absolute Gasteiger partial charge is 0.462 e. The maximum absolute atomic E-state index is 12.1. The summed E-state index contributed by atoms with van der Waals surface area (Å²) in [5.74, 6) is -0.272. The van der Waals surface area contributed by atoms with Gasteiger partial charge < -0.3 is 15.4 Å². The maximum Gasteiger partial charge on any atom is 0.310 e. The summed E-state index contributed by atoms with van der Waals surface area (Å²) in [7, 11) is 2.10. The molecule has 0 aliphatic carbocycles.